The first-order valence-electron chi connectivity index (χ1n) is 10.8. The summed E-state index contributed by atoms with van der Waals surface area (Å²) in [5, 5.41) is 3.16. The van der Waals surface area contributed by atoms with Crippen LogP contribution in [-0.4, -0.2) is 25.0 Å². The van der Waals surface area contributed by atoms with E-state index in [1.54, 1.807) is 49.6 Å². The van der Waals surface area contributed by atoms with Crippen LogP contribution in [0.25, 0.3) is 5.57 Å². The van der Waals surface area contributed by atoms with Gasteiger partial charge in [-0.2, -0.15) is 0 Å². The minimum Gasteiger partial charge on any atom is -0.497 e. The van der Waals surface area contributed by atoms with Gasteiger partial charge in [0.2, 0.25) is 0 Å². The van der Waals surface area contributed by atoms with Crippen LogP contribution in [0.1, 0.15) is 25.0 Å². The standard InChI is InChI=1S/C27H26N2O4/c1-17(2)33-22-14-10-19(11-15-22)24-25(28-20-6-5-7-23(16-20)32-4)27(31)29(26(24)30)21-12-8-18(3)9-13-21/h5-17,28H,1-4H3. The van der Waals surface area contributed by atoms with Gasteiger partial charge in [0.15, 0.2) is 0 Å². The predicted molar refractivity (Wildman–Crippen MR) is 129 cm³/mol. The molecule has 0 unspecified atom stereocenters. The Morgan fingerprint density at radius 1 is 0.848 bits per heavy atom. The quantitative estimate of drug-likeness (QED) is 0.510. The van der Waals surface area contributed by atoms with Crippen molar-refractivity contribution in [3.8, 4) is 11.5 Å². The van der Waals surface area contributed by atoms with Gasteiger partial charge in [-0.15, -0.1) is 0 Å². The molecule has 0 bridgehead atoms. The maximum atomic E-state index is 13.5. The van der Waals surface area contributed by atoms with E-state index in [0.717, 1.165) is 5.56 Å². The highest BCUT2D eigenvalue weighted by atomic mass is 16.5. The summed E-state index contributed by atoms with van der Waals surface area (Å²) < 4.78 is 11.0. The summed E-state index contributed by atoms with van der Waals surface area (Å²) in [5.41, 5.74) is 3.36. The number of rotatable bonds is 7. The molecule has 33 heavy (non-hydrogen) atoms. The predicted octanol–water partition coefficient (Wildman–Crippen LogP) is 5.19. The van der Waals surface area contributed by atoms with Crippen molar-refractivity contribution in [2.45, 2.75) is 26.9 Å². The molecule has 6 heteroatoms. The summed E-state index contributed by atoms with van der Waals surface area (Å²) in [6.07, 6.45) is 0.0343. The summed E-state index contributed by atoms with van der Waals surface area (Å²) in [6, 6.07) is 21.7. The smallest absolute Gasteiger partial charge is 0.282 e. The Morgan fingerprint density at radius 3 is 2.18 bits per heavy atom. The number of ether oxygens (including phenoxy) is 2. The number of nitrogens with one attached hydrogen (secondary N) is 1. The molecule has 0 spiro atoms. The fourth-order valence-corrected chi connectivity index (χ4v) is 3.66. The zero-order valence-electron chi connectivity index (χ0n) is 19.1. The van der Waals surface area contributed by atoms with Gasteiger partial charge in [0, 0.05) is 11.8 Å². The van der Waals surface area contributed by atoms with E-state index in [1.807, 2.05) is 51.1 Å². The van der Waals surface area contributed by atoms with Gasteiger partial charge >= 0.3 is 0 Å². The van der Waals surface area contributed by atoms with Crippen LogP contribution in [0.5, 0.6) is 11.5 Å². The van der Waals surface area contributed by atoms with Gasteiger partial charge in [-0.1, -0.05) is 35.9 Å². The van der Waals surface area contributed by atoms with E-state index in [4.69, 9.17) is 9.47 Å². The van der Waals surface area contributed by atoms with E-state index in [2.05, 4.69) is 5.32 Å². The van der Waals surface area contributed by atoms with E-state index in [9.17, 15) is 9.59 Å². The summed E-state index contributed by atoms with van der Waals surface area (Å²) in [5.74, 6) is 0.546. The van der Waals surface area contributed by atoms with Crippen molar-refractivity contribution in [2.75, 3.05) is 17.3 Å². The Bertz CT molecular complexity index is 1210. The normalized spacial score (nSPS) is 13.7. The molecule has 3 aromatic rings. The average Bonchev–Trinajstić information content (AvgIpc) is 3.04. The van der Waals surface area contributed by atoms with E-state index < -0.39 is 5.91 Å². The zero-order valence-corrected chi connectivity index (χ0v) is 19.1. The molecule has 0 saturated carbocycles. The largest absolute Gasteiger partial charge is 0.497 e. The third-order valence-corrected chi connectivity index (χ3v) is 5.23. The van der Waals surface area contributed by atoms with Gasteiger partial charge in [-0.25, -0.2) is 4.90 Å². The van der Waals surface area contributed by atoms with Crippen molar-refractivity contribution < 1.29 is 19.1 Å². The van der Waals surface area contributed by atoms with Gasteiger partial charge < -0.3 is 14.8 Å². The number of methoxy groups -OCH3 is 1. The number of aryl methyl sites for hydroxylation is 1. The lowest BCUT2D eigenvalue weighted by molar-refractivity contribution is -0.120. The van der Waals surface area contributed by atoms with Gasteiger partial charge in [0.1, 0.15) is 17.2 Å². The SMILES string of the molecule is COc1cccc(NC2=C(c3ccc(OC(C)C)cc3)C(=O)N(c3ccc(C)cc3)C2=O)c1. The minimum atomic E-state index is -0.413. The molecule has 0 fully saturated rings. The van der Waals surface area contributed by atoms with E-state index in [1.165, 1.54) is 4.90 Å². The van der Waals surface area contributed by atoms with Crippen LogP contribution in [-0.2, 0) is 9.59 Å². The summed E-state index contributed by atoms with van der Waals surface area (Å²) in [4.78, 5) is 28.2. The molecule has 1 aliphatic heterocycles. The lowest BCUT2D eigenvalue weighted by atomic mass is 10.0. The maximum Gasteiger partial charge on any atom is 0.282 e. The zero-order chi connectivity index (χ0) is 23.5. The highest BCUT2D eigenvalue weighted by Crippen LogP contribution is 2.35. The van der Waals surface area contributed by atoms with Crippen LogP contribution in [0.2, 0.25) is 0 Å². The Kier molecular flexibility index (Phi) is 6.18. The number of imide groups is 1. The third kappa shape index (κ3) is 4.60. The molecule has 1 aliphatic rings. The van der Waals surface area contributed by atoms with Crippen LogP contribution in [0.4, 0.5) is 11.4 Å². The highest BCUT2D eigenvalue weighted by molar-refractivity contribution is 6.46. The molecule has 168 valence electrons. The maximum absolute atomic E-state index is 13.5. The molecule has 3 aromatic carbocycles. The number of carbonyl (C=O) groups is 2. The van der Waals surface area contributed by atoms with Gasteiger partial charge in [-0.05, 0) is 62.7 Å². The second-order valence-electron chi connectivity index (χ2n) is 8.08. The monoisotopic (exact) mass is 442 g/mol. The molecule has 0 aliphatic carbocycles. The molecular weight excluding hydrogens is 416 g/mol. The number of carbonyl (C=O) groups excluding carboxylic acids is 2. The Balaban J connectivity index is 1.77. The Morgan fingerprint density at radius 2 is 1.55 bits per heavy atom. The number of anilines is 2. The van der Waals surface area contributed by atoms with Gasteiger partial charge in [0.05, 0.1) is 24.5 Å². The minimum absolute atomic E-state index is 0.0343. The summed E-state index contributed by atoms with van der Waals surface area (Å²) >= 11 is 0. The number of nitrogens with zero attached hydrogens (tertiary/aromatic N) is 1. The average molecular weight is 443 g/mol. The van der Waals surface area contributed by atoms with Crippen molar-refractivity contribution in [2.24, 2.45) is 0 Å². The number of amides is 2. The first-order valence-corrected chi connectivity index (χ1v) is 10.8. The van der Waals surface area contributed by atoms with Crippen LogP contribution in [0.3, 0.4) is 0 Å². The Labute approximate surface area is 193 Å². The number of hydrogen-bond acceptors (Lipinski definition) is 5. The molecule has 4 rings (SSSR count). The molecule has 1 N–H and O–H groups in total. The molecule has 0 aromatic heterocycles. The lowest BCUT2D eigenvalue weighted by Gasteiger charge is -2.16. The molecular formula is C27H26N2O4. The van der Waals surface area contributed by atoms with Crippen molar-refractivity contribution >= 4 is 28.8 Å². The molecule has 1 heterocycles. The molecule has 0 saturated heterocycles. The first kappa shape index (κ1) is 22.1. The fourth-order valence-electron chi connectivity index (χ4n) is 3.66. The van der Waals surface area contributed by atoms with Crippen molar-refractivity contribution in [1.29, 1.82) is 0 Å². The summed E-state index contributed by atoms with van der Waals surface area (Å²) in [6.45, 7) is 5.86. The van der Waals surface area contributed by atoms with Gasteiger partial charge in [-0.3, -0.25) is 9.59 Å². The molecule has 0 atom stereocenters. The van der Waals surface area contributed by atoms with Crippen LogP contribution >= 0.6 is 0 Å². The highest BCUT2D eigenvalue weighted by Gasteiger charge is 2.40. The van der Waals surface area contributed by atoms with E-state index >= 15 is 0 Å². The van der Waals surface area contributed by atoms with E-state index in [0.29, 0.717) is 34.0 Å². The Hall–Kier alpha value is -4.06. The topological polar surface area (TPSA) is 67.9 Å². The molecule has 6 nitrogen and oxygen atoms in total. The third-order valence-electron chi connectivity index (χ3n) is 5.23. The van der Waals surface area contributed by atoms with E-state index in [-0.39, 0.29) is 17.7 Å². The number of hydrogen-bond donors (Lipinski definition) is 1. The first-order chi connectivity index (χ1) is 15.9. The van der Waals surface area contributed by atoms with Crippen molar-refractivity contribution in [1.82, 2.24) is 0 Å². The fraction of sp³-hybridized carbons (Fsp3) is 0.185. The van der Waals surface area contributed by atoms with Gasteiger partial charge in [0.25, 0.3) is 11.8 Å². The van der Waals surface area contributed by atoms with Crippen LogP contribution in [0.15, 0.2) is 78.5 Å². The second kappa shape index (κ2) is 9.20. The lowest BCUT2D eigenvalue weighted by Crippen LogP contribution is -2.32. The van der Waals surface area contributed by atoms with Crippen LogP contribution in [0, 0.1) is 6.92 Å². The van der Waals surface area contributed by atoms with Crippen LogP contribution < -0.4 is 19.7 Å². The van der Waals surface area contributed by atoms with Crippen molar-refractivity contribution in [3.63, 3.8) is 0 Å². The molecule has 0 radical (unpaired) electrons. The van der Waals surface area contributed by atoms with Crippen molar-refractivity contribution in [3.05, 3.63) is 89.6 Å². The summed E-state index contributed by atoms with van der Waals surface area (Å²) in [7, 11) is 1.58. The second-order valence-corrected chi connectivity index (χ2v) is 8.08. The molecule has 2 amide bonds. The number of benzene rings is 3.